The van der Waals surface area contributed by atoms with Gasteiger partial charge in [0.1, 0.15) is 0 Å². The fraction of sp³-hybridized carbons (Fsp3) is 0.600. The van der Waals surface area contributed by atoms with E-state index in [0.717, 1.165) is 0 Å². The zero-order chi connectivity index (χ0) is 4.41. The van der Waals surface area contributed by atoms with Gasteiger partial charge in [-0.2, -0.15) is 0 Å². The second kappa shape index (κ2) is 1.60. The predicted molar refractivity (Wildman–Crippen MR) is 30.2 cm³/mol. The lowest BCUT2D eigenvalue weighted by Gasteiger charge is -2.17. The summed E-state index contributed by atoms with van der Waals surface area (Å²) in [6.07, 6.45) is 1.47. The Bertz CT molecular complexity index is 55.0. The third kappa shape index (κ3) is 0.546. The first-order chi connectivity index (χ1) is 2.93. The van der Waals surface area contributed by atoms with Crippen LogP contribution in [0.1, 0.15) is 6.42 Å². The molecule has 0 aromatic carbocycles. The van der Waals surface area contributed by atoms with Gasteiger partial charge in [0, 0.05) is 0 Å². The van der Waals surface area contributed by atoms with E-state index in [2.05, 4.69) is 12.3 Å². The molecular formula is C5H9Si. The monoisotopic (exact) mass is 97.0 g/mol. The quantitative estimate of drug-likeness (QED) is 0.436. The van der Waals surface area contributed by atoms with Crippen LogP contribution >= 0.6 is 0 Å². The van der Waals surface area contributed by atoms with Gasteiger partial charge < -0.3 is 0 Å². The summed E-state index contributed by atoms with van der Waals surface area (Å²) < 4.78 is 0. The average Bonchev–Trinajstić information content (AvgIpc) is 1.31. The first-order valence-electron chi connectivity index (χ1n) is 2.40. The van der Waals surface area contributed by atoms with Crippen molar-refractivity contribution in [1.82, 2.24) is 0 Å². The fourth-order valence-electron chi connectivity index (χ4n) is 0.585. The molecule has 1 aliphatic heterocycles. The van der Waals surface area contributed by atoms with E-state index in [9.17, 15) is 0 Å². The van der Waals surface area contributed by atoms with Crippen LogP contribution in [0, 0.1) is 0 Å². The molecule has 0 bridgehead atoms. The molecular weight excluding hydrogens is 88.1 g/mol. The van der Waals surface area contributed by atoms with Gasteiger partial charge in [0.2, 0.25) is 0 Å². The summed E-state index contributed by atoms with van der Waals surface area (Å²) in [4.78, 5) is 0. The average molecular weight is 97.2 g/mol. The van der Waals surface area contributed by atoms with E-state index >= 15 is 0 Å². The van der Waals surface area contributed by atoms with Gasteiger partial charge in [-0.25, -0.2) is 0 Å². The molecule has 0 unspecified atom stereocenters. The van der Waals surface area contributed by atoms with Crippen molar-refractivity contribution in [1.29, 1.82) is 0 Å². The topological polar surface area (TPSA) is 0 Å². The van der Waals surface area contributed by atoms with Crippen LogP contribution in [0.4, 0.5) is 0 Å². The van der Waals surface area contributed by atoms with Crippen molar-refractivity contribution in [2.45, 2.75) is 18.5 Å². The third-order valence-corrected chi connectivity index (χ3v) is 3.85. The Morgan fingerprint density at radius 1 is 1.50 bits per heavy atom. The molecule has 6 heavy (non-hydrogen) atoms. The highest BCUT2D eigenvalue weighted by Crippen LogP contribution is 2.19. The van der Waals surface area contributed by atoms with Crippen LogP contribution in [-0.2, 0) is 0 Å². The Kier molecular flexibility index (Phi) is 1.10. The highest BCUT2D eigenvalue weighted by atomic mass is 28.3. The smallest absolute Gasteiger partial charge is 0.0749 e. The Labute approximate surface area is 40.5 Å². The largest absolute Gasteiger partial charge is 0.107 e. The van der Waals surface area contributed by atoms with Gasteiger partial charge in [-0.05, 0) is 0 Å². The van der Waals surface area contributed by atoms with Crippen LogP contribution < -0.4 is 0 Å². The molecule has 0 amide bonds. The van der Waals surface area contributed by atoms with Crippen LogP contribution in [-0.4, -0.2) is 8.80 Å². The van der Waals surface area contributed by atoms with E-state index < -0.39 is 0 Å². The third-order valence-electron chi connectivity index (χ3n) is 1.28. The van der Waals surface area contributed by atoms with E-state index in [0.29, 0.717) is 0 Å². The van der Waals surface area contributed by atoms with Crippen molar-refractivity contribution in [3.05, 3.63) is 12.3 Å². The van der Waals surface area contributed by atoms with E-state index in [1.165, 1.54) is 18.5 Å². The normalized spacial score (nSPS) is 22.7. The number of hydrogen-bond acceptors (Lipinski definition) is 0. The number of hydrogen-bond donors (Lipinski definition) is 0. The van der Waals surface area contributed by atoms with Gasteiger partial charge in [-0.15, -0.1) is 12.3 Å². The zero-order valence-corrected chi connectivity index (χ0v) is 4.91. The molecule has 0 nitrogen and oxygen atoms in total. The maximum atomic E-state index is 3.73. The first kappa shape index (κ1) is 4.12. The zero-order valence-electron chi connectivity index (χ0n) is 3.91. The molecule has 0 atom stereocenters. The number of rotatable bonds is 1. The Balaban J connectivity index is 2.16. The van der Waals surface area contributed by atoms with E-state index in [1.807, 2.05) is 0 Å². The van der Waals surface area contributed by atoms with E-state index in [1.54, 1.807) is 0 Å². The lowest BCUT2D eigenvalue weighted by atomic mass is 10.5. The molecule has 0 spiro atoms. The molecule has 1 heteroatoms. The van der Waals surface area contributed by atoms with Gasteiger partial charge >= 0.3 is 0 Å². The lowest BCUT2D eigenvalue weighted by molar-refractivity contribution is 0.950. The highest BCUT2D eigenvalue weighted by molar-refractivity contribution is 6.66. The second-order valence-electron chi connectivity index (χ2n) is 1.72. The molecule has 0 aromatic rings. The predicted octanol–water partition coefficient (Wildman–Crippen LogP) is 1.61. The van der Waals surface area contributed by atoms with Crippen molar-refractivity contribution in [3.63, 3.8) is 0 Å². The van der Waals surface area contributed by atoms with Crippen molar-refractivity contribution < 1.29 is 0 Å². The maximum Gasteiger partial charge on any atom is 0.0749 e. The van der Waals surface area contributed by atoms with Crippen LogP contribution in [0.15, 0.2) is 12.3 Å². The van der Waals surface area contributed by atoms with E-state index in [4.69, 9.17) is 0 Å². The molecule has 0 aliphatic carbocycles. The molecule has 1 saturated heterocycles. The minimum Gasteiger partial charge on any atom is -0.107 e. The molecule has 0 N–H and O–H groups in total. The van der Waals surface area contributed by atoms with Gasteiger partial charge in [0.25, 0.3) is 0 Å². The van der Waals surface area contributed by atoms with Gasteiger partial charge in [0.15, 0.2) is 0 Å². The molecule has 1 heterocycles. The summed E-state index contributed by atoms with van der Waals surface area (Å²) in [5.74, 6) is 0. The van der Waals surface area contributed by atoms with Crippen LogP contribution in [0.2, 0.25) is 12.1 Å². The molecule has 1 rings (SSSR count). The minimum atomic E-state index is 0.0761. The second-order valence-corrected chi connectivity index (χ2v) is 4.44. The van der Waals surface area contributed by atoms with Crippen LogP contribution in [0.25, 0.3) is 0 Å². The molecule has 33 valence electrons. The van der Waals surface area contributed by atoms with Crippen molar-refractivity contribution in [2.75, 3.05) is 0 Å². The summed E-state index contributed by atoms with van der Waals surface area (Å²) >= 11 is 0. The first-order valence-corrected chi connectivity index (χ1v) is 4.40. The van der Waals surface area contributed by atoms with Crippen LogP contribution in [0.5, 0.6) is 0 Å². The van der Waals surface area contributed by atoms with Crippen molar-refractivity contribution in [3.8, 4) is 0 Å². The van der Waals surface area contributed by atoms with Crippen LogP contribution in [0.3, 0.4) is 0 Å². The van der Waals surface area contributed by atoms with Gasteiger partial charge in [-0.1, -0.05) is 18.5 Å². The van der Waals surface area contributed by atoms with Crippen molar-refractivity contribution in [2.24, 2.45) is 0 Å². The molecule has 0 aromatic heterocycles. The Hall–Kier alpha value is -0.0431. The fourth-order valence-corrected chi connectivity index (χ4v) is 1.76. The summed E-state index contributed by atoms with van der Waals surface area (Å²) in [7, 11) is 0.0761. The van der Waals surface area contributed by atoms with E-state index in [-0.39, 0.29) is 8.80 Å². The highest BCUT2D eigenvalue weighted by Gasteiger charge is 2.14. The maximum absolute atomic E-state index is 3.73. The van der Waals surface area contributed by atoms with Gasteiger partial charge in [-0.3, -0.25) is 0 Å². The Morgan fingerprint density at radius 3 is 2.17 bits per heavy atom. The standard InChI is InChI=1S/C5H9Si/c1-2-6-4-3-5-6/h2H,1,3-5H2. The van der Waals surface area contributed by atoms with Crippen molar-refractivity contribution >= 4 is 8.80 Å². The molecule has 1 aliphatic rings. The van der Waals surface area contributed by atoms with Gasteiger partial charge in [0.05, 0.1) is 8.80 Å². The Morgan fingerprint density at radius 2 is 2.17 bits per heavy atom. The summed E-state index contributed by atoms with van der Waals surface area (Å²) in [6, 6.07) is 2.99. The molecule has 0 saturated carbocycles. The lowest BCUT2D eigenvalue weighted by Crippen LogP contribution is -2.17. The molecule has 1 fully saturated rings. The summed E-state index contributed by atoms with van der Waals surface area (Å²) in [5.41, 5.74) is 2.16. The SMILES string of the molecule is C=C[Si]1CCC1. The minimum absolute atomic E-state index is 0.0761. The summed E-state index contributed by atoms with van der Waals surface area (Å²) in [5, 5.41) is 0. The molecule has 1 radical (unpaired) electrons. The summed E-state index contributed by atoms with van der Waals surface area (Å²) in [6.45, 7) is 3.73.